The Labute approximate surface area is 103 Å². The zero-order valence-electron chi connectivity index (χ0n) is 10.5. The van der Waals surface area contributed by atoms with Crippen LogP contribution in [0.4, 0.5) is 11.4 Å². The summed E-state index contributed by atoms with van der Waals surface area (Å²) in [6.07, 6.45) is 1.45. The Morgan fingerprint density at radius 2 is 2.12 bits per heavy atom. The molecule has 0 aliphatic rings. The highest BCUT2D eigenvalue weighted by Gasteiger charge is 2.02. The van der Waals surface area contributed by atoms with Crippen LogP contribution in [0.25, 0.3) is 0 Å². The molecule has 0 saturated heterocycles. The molecule has 0 aromatic heterocycles. The molecule has 1 aromatic carbocycles. The third kappa shape index (κ3) is 4.34. The fourth-order valence-corrected chi connectivity index (χ4v) is 1.51. The molecule has 0 aliphatic carbocycles. The number of nitrogens with one attached hydrogen (secondary N) is 2. The number of anilines is 2. The number of hydrogen-bond donors (Lipinski definition) is 3. The smallest absolute Gasteiger partial charge is 0.221 e. The highest BCUT2D eigenvalue weighted by atomic mass is 16.1. The number of carbonyl (C=O) groups is 1. The van der Waals surface area contributed by atoms with Crippen molar-refractivity contribution in [3.05, 3.63) is 23.8 Å². The number of carbonyl (C=O) groups excluding carboxylic acids is 1. The van der Waals surface area contributed by atoms with Gasteiger partial charge in [-0.15, -0.1) is 0 Å². The van der Waals surface area contributed by atoms with Gasteiger partial charge in [0.05, 0.1) is 0 Å². The van der Waals surface area contributed by atoms with Gasteiger partial charge in [-0.2, -0.15) is 0 Å². The maximum absolute atomic E-state index is 11.4. The second-order valence-electron chi connectivity index (χ2n) is 4.05. The molecule has 0 spiro atoms. The van der Waals surface area contributed by atoms with Gasteiger partial charge in [-0.25, -0.2) is 0 Å². The second kappa shape index (κ2) is 6.78. The number of nitrogens with two attached hydrogens (primary N) is 1. The first kappa shape index (κ1) is 13.4. The Bertz CT molecular complexity index is 377. The Balaban J connectivity index is 2.36. The Morgan fingerprint density at radius 3 is 2.82 bits per heavy atom. The highest BCUT2D eigenvalue weighted by molar-refractivity contribution is 5.76. The number of hydrogen-bond acceptors (Lipinski definition) is 3. The average molecular weight is 235 g/mol. The minimum atomic E-state index is 0.0842. The van der Waals surface area contributed by atoms with E-state index in [0.717, 1.165) is 29.9 Å². The second-order valence-corrected chi connectivity index (χ2v) is 4.05. The summed E-state index contributed by atoms with van der Waals surface area (Å²) in [5.41, 5.74) is 8.59. The lowest BCUT2D eigenvalue weighted by atomic mass is 10.1. The van der Waals surface area contributed by atoms with Crippen LogP contribution in [0.1, 0.15) is 25.3 Å². The van der Waals surface area contributed by atoms with E-state index in [-0.39, 0.29) is 5.91 Å². The molecule has 1 amide bonds. The maximum Gasteiger partial charge on any atom is 0.221 e. The molecule has 1 rings (SSSR count). The third-order valence-corrected chi connectivity index (χ3v) is 2.62. The van der Waals surface area contributed by atoms with Gasteiger partial charge in [-0.05, 0) is 31.0 Å². The van der Waals surface area contributed by atoms with Crippen molar-refractivity contribution in [3.8, 4) is 0 Å². The summed E-state index contributed by atoms with van der Waals surface area (Å²) in [5, 5.41) is 6.06. The quantitative estimate of drug-likeness (QED) is 0.660. The average Bonchev–Trinajstić information content (AvgIpc) is 2.32. The Kier molecular flexibility index (Phi) is 5.33. The van der Waals surface area contributed by atoms with Gasteiger partial charge in [0, 0.05) is 30.9 Å². The van der Waals surface area contributed by atoms with Gasteiger partial charge in [0.25, 0.3) is 0 Å². The van der Waals surface area contributed by atoms with E-state index in [1.54, 1.807) is 0 Å². The molecule has 0 fully saturated rings. The van der Waals surface area contributed by atoms with Crippen molar-refractivity contribution in [2.75, 3.05) is 24.1 Å². The van der Waals surface area contributed by atoms with Crippen molar-refractivity contribution < 1.29 is 4.79 Å². The van der Waals surface area contributed by atoms with Crippen LogP contribution < -0.4 is 16.4 Å². The molecule has 0 bridgehead atoms. The summed E-state index contributed by atoms with van der Waals surface area (Å²) < 4.78 is 0. The molecule has 17 heavy (non-hydrogen) atoms. The SMILES string of the molecule is CCCNC(=O)CCNc1cccc(N)c1C. The molecule has 4 nitrogen and oxygen atoms in total. The van der Waals surface area contributed by atoms with E-state index in [1.165, 1.54) is 0 Å². The van der Waals surface area contributed by atoms with Crippen LogP contribution in [0.5, 0.6) is 0 Å². The zero-order valence-corrected chi connectivity index (χ0v) is 10.5. The summed E-state index contributed by atoms with van der Waals surface area (Å²) in [5.74, 6) is 0.0842. The first-order valence-electron chi connectivity index (χ1n) is 6.00. The summed E-state index contributed by atoms with van der Waals surface area (Å²) >= 11 is 0. The van der Waals surface area contributed by atoms with E-state index in [2.05, 4.69) is 10.6 Å². The van der Waals surface area contributed by atoms with Gasteiger partial charge in [0.1, 0.15) is 0 Å². The topological polar surface area (TPSA) is 67.2 Å². The van der Waals surface area contributed by atoms with E-state index >= 15 is 0 Å². The first-order chi connectivity index (χ1) is 8.15. The van der Waals surface area contributed by atoms with Crippen LogP contribution in [0.15, 0.2) is 18.2 Å². The monoisotopic (exact) mass is 235 g/mol. The van der Waals surface area contributed by atoms with Crippen molar-refractivity contribution in [3.63, 3.8) is 0 Å². The molecule has 0 saturated carbocycles. The molecule has 0 atom stereocenters. The Hall–Kier alpha value is -1.71. The summed E-state index contributed by atoms with van der Waals surface area (Å²) in [7, 11) is 0. The summed E-state index contributed by atoms with van der Waals surface area (Å²) in [6, 6.07) is 5.74. The predicted octanol–water partition coefficient (Wildman–Crippen LogP) is 1.91. The van der Waals surface area contributed by atoms with E-state index < -0.39 is 0 Å². The molecule has 4 heteroatoms. The lowest BCUT2D eigenvalue weighted by Gasteiger charge is -2.11. The van der Waals surface area contributed by atoms with E-state index in [1.807, 2.05) is 32.0 Å². The minimum Gasteiger partial charge on any atom is -0.398 e. The van der Waals surface area contributed by atoms with E-state index in [4.69, 9.17) is 5.73 Å². The van der Waals surface area contributed by atoms with Gasteiger partial charge in [-0.3, -0.25) is 4.79 Å². The van der Waals surface area contributed by atoms with Crippen LogP contribution in [0, 0.1) is 6.92 Å². The summed E-state index contributed by atoms with van der Waals surface area (Å²) in [4.78, 5) is 11.4. The molecule has 4 N–H and O–H groups in total. The van der Waals surface area contributed by atoms with Gasteiger partial charge in [0.2, 0.25) is 5.91 Å². The lowest BCUT2D eigenvalue weighted by Crippen LogP contribution is -2.25. The van der Waals surface area contributed by atoms with Crippen LogP contribution in [-0.2, 0) is 4.79 Å². The van der Waals surface area contributed by atoms with Crippen LogP contribution in [0.3, 0.4) is 0 Å². The number of nitrogen functional groups attached to an aromatic ring is 1. The number of benzene rings is 1. The first-order valence-corrected chi connectivity index (χ1v) is 6.00. The van der Waals surface area contributed by atoms with Crippen molar-refractivity contribution in [2.24, 2.45) is 0 Å². The summed E-state index contributed by atoms with van der Waals surface area (Å²) in [6.45, 7) is 5.37. The van der Waals surface area contributed by atoms with Crippen molar-refractivity contribution in [1.82, 2.24) is 5.32 Å². The van der Waals surface area contributed by atoms with Gasteiger partial charge in [0.15, 0.2) is 0 Å². The molecule has 0 unspecified atom stereocenters. The Morgan fingerprint density at radius 1 is 1.35 bits per heavy atom. The molecular formula is C13H21N3O. The van der Waals surface area contributed by atoms with Crippen LogP contribution in [0.2, 0.25) is 0 Å². The van der Waals surface area contributed by atoms with Gasteiger partial charge < -0.3 is 16.4 Å². The largest absolute Gasteiger partial charge is 0.398 e. The predicted molar refractivity (Wildman–Crippen MR) is 72.0 cm³/mol. The maximum atomic E-state index is 11.4. The zero-order chi connectivity index (χ0) is 12.7. The number of rotatable bonds is 6. The molecular weight excluding hydrogens is 214 g/mol. The minimum absolute atomic E-state index is 0.0842. The molecule has 94 valence electrons. The van der Waals surface area contributed by atoms with Crippen molar-refractivity contribution in [2.45, 2.75) is 26.7 Å². The molecule has 0 heterocycles. The van der Waals surface area contributed by atoms with Crippen molar-refractivity contribution >= 4 is 17.3 Å². The fraction of sp³-hybridized carbons (Fsp3) is 0.462. The highest BCUT2D eigenvalue weighted by Crippen LogP contribution is 2.20. The van der Waals surface area contributed by atoms with Crippen LogP contribution >= 0.6 is 0 Å². The van der Waals surface area contributed by atoms with E-state index in [9.17, 15) is 4.79 Å². The normalized spacial score (nSPS) is 10.0. The standard InChI is InChI=1S/C13H21N3O/c1-3-8-16-13(17)7-9-15-12-6-4-5-11(14)10(12)2/h4-6,15H,3,7-9,14H2,1-2H3,(H,16,17). The van der Waals surface area contributed by atoms with Gasteiger partial charge in [-0.1, -0.05) is 13.0 Å². The van der Waals surface area contributed by atoms with Crippen LogP contribution in [-0.4, -0.2) is 19.0 Å². The van der Waals surface area contributed by atoms with E-state index in [0.29, 0.717) is 13.0 Å². The fourth-order valence-electron chi connectivity index (χ4n) is 1.51. The van der Waals surface area contributed by atoms with Crippen molar-refractivity contribution in [1.29, 1.82) is 0 Å². The number of amides is 1. The molecule has 0 radical (unpaired) electrons. The molecule has 1 aromatic rings. The third-order valence-electron chi connectivity index (χ3n) is 2.62. The lowest BCUT2D eigenvalue weighted by molar-refractivity contribution is -0.120. The molecule has 0 aliphatic heterocycles. The van der Waals surface area contributed by atoms with Gasteiger partial charge >= 0.3 is 0 Å².